The molecule has 0 spiro atoms. The van der Waals surface area contributed by atoms with Gasteiger partial charge >= 0.3 is 0 Å². The molecular weight excluding hydrogens is 214 g/mol. The molecule has 4 nitrogen and oxygen atoms in total. The molecule has 0 N–H and O–H groups in total. The van der Waals surface area contributed by atoms with E-state index in [9.17, 15) is 0 Å². The first-order valence-corrected chi connectivity index (χ1v) is 5.39. The maximum atomic E-state index is 5.14. The topological polar surface area (TPSA) is 47.4 Å². The SMILES string of the molecule is COc1ccc(-c2ncnc3c2CC=N3)cc1. The standard InChI is InChI=1S/C13H11N3O/c1-17-10-4-2-9(3-5-10)12-11-6-7-14-13(11)16-8-15-12/h2-5,7-8H,6H2,1H3. The third-order valence-corrected chi connectivity index (χ3v) is 2.80. The molecule has 3 rings (SSSR count). The summed E-state index contributed by atoms with van der Waals surface area (Å²) >= 11 is 0. The number of methoxy groups -OCH3 is 1. The number of fused-ring (bicyclic) bond motifs is 1. The predicted molar refractivity (Wildman–Crippen MR) is 65.9 cm³/mol. The Bertz CT molecular complexity index is 576. The second-order valence-corrected chi connectivity index (χ2v) is 3.77. The monoisotopic (exact) mass is 225 g/mol. The van der Waals surface area contributed by atoms with Crippen molar-refractivity contribution < 1.29 is 4.74 Å². The van der Waals surface area contributed by atoms with E-state index in [4.69, 9.17) is 4.74 Å². The third-order valence-electron chi connectivity index (χ3n) is 2.80. The lowest BCUT2D eigenvalue weighted by atomic mass is 10.1. The van der Waals surface area contributed by atoms with Crippen LogP contribution in [0.3, 0.4) is 0 Å². The van der Waals surface area contributed by atoms with Crippen molar-refractivity contribution in [3.63, 3.8) is 0 Å². The van der Waals surface area contributed by atoms with E-state index in [0.717, 1.165) is 34.8 Å². The highest BCUT2D eigenvalue weighted by Gasteiger charge is 2.15. The molecule has 0 unspecified atom stereocenters. The Morgan fingerprint density at radius 2 is 1.94 bits per heavy atom. The van der Waals surface area contributed by atoms with Gasteiger partial charge in [0.2, 0.25) is 0 Å². The van der Waals surface area contributed by atoms with Crippen LogP contribution in [0, 0.1) is 0 Å². The van der Waals surface area contributed by atoms with Crippen LogP contribution >= 0.6 is 0 Å². The molecule has 1 aliphatic rings. The number of aliphatic imine (C=N–C) groups is 1. The van der Waals surface area contributed by atoms with Crippen LogP contribution in [0.5, 0.6) is 5.75 Å². The number of hydrogen-bond donors (Lipinski definition) is 0. The first kappa shape index (κ1) is 9.96. The summed E-state index contributed by atoms with van der Waals surface area (Å²) in [6.45, 7) is 0. The summed E-state index contributed by atoms with van der Waals surface area (Å²) in [7, 11) is 1.66. The second-order valence-electron chi connectivity index (χ2n) is 3.77. The van der Waals surface area contributed by atoms with Crippen LogP contribution in [-0.2, 0) is 6.42 Å². The second kappa shape index (κ2) is 3.97. The number of benzene rings is 1. The zero-order valence-electron chi connectivity index (χ0n) is 9.42. The van der Waals surface area contributed by atoms with Gasteiger partial charge in [-0.15, -0.1) is 0 Å². The van der Waals surface area contributed by atoms with Gasteiger partial charge in [0.25, 0.3) is 0 Å². The molecule has 4 heteroatoms. The van der Waals surface area contributed by atoms with Crippen LogP contribution in [0.15, 0.2) is 35.6 Å². The lowest BCUT2D eigenvalue weighted by molar-refractivity contribution is 0.415. The fourth-order valence-corrected chi connectivity index (χ4v) is 1.92. The van der Waals surface area contributed by atoms with Crippen LogP contribution < -0.4 is 4.74 Å². The molecule has 0 atom stereocenters. The van der Waals surface area contributed by atoms with E-state index in [-0.39, 0.29) is 0 Å². The zero-order chi connectivity index (χ0) is 11.7. The Hall–Kier alpha value is -2.23. The smallest absolute Gasteiger partial charge is 0.159 e. The van der Waals surface area contributed by atoms with Crippen molar-refractivity contribution in [1.82, 2.24) is 9.97 Å². The Kier molecular flexibility index (Phi) is 2.33. The van der Waals surface area contributed by atoms with E-state index in [1.807, 2.05) is 30.5 Å². The van der Waals surface area contributed by atoms with Crippen LogP contribution in [0.2, 0.25) is 0 Å². The highest BCUT2D eigenvalue weighted by molar-refractivity contribution is 5.80. The van der Waals surface area contributed by atoms with E-state index in [0.29, 0.717) is 0 Å². The third kappa shape index (κ3) is 1.67. The molecule has 0 radical (unpaired) electrons. The van der Waals surface area contributed by atoms with Crippen molar-refractivity contribution in [2.24, 2.45) is 4.99 Å². The van der Waals surface area contributed by atoms with E-state index in [1.165, 1.54) is 0 Å². The van der Waals surface area contributed by atoms with Gasteiger partial charge in [-0.2, -0.15) is 0 Å². The van der Waals surface area contributed by atoms with Crippen molar-refractivity contribution in [3.8, 4) is 17.0 Å². The summed E-state index contributed by atoms with van der Waals surface area (Å²) in [5.74, 6) is 1.63. The molecule has 17 heavy (non-hydrogen) atoms. The minimum absolute atomic E-state index is 0.783. The van der Waals surface area contributed by atoms with Gasteiger partial charge in [-0.25, -0.2) is 15.0 Å². The molecule has 84 valence electrons. The van der Waals surface area contributed by atoms with Gasteiger partial charge in [0.05, 0.1) is 12.8 Å². The number of ether oxygens (including phenoxy) is 1. The highest BCUT2D eigenvalue weighted by Crippen LogP contribution is 2.30. The Balaban J connectivity index is 2.07. The number of aromatic nitrogens is 2. The fraction of sp³-hybridized carbons (Fsp3) is 0.154. The van der Waals surface area contributed by atoms with Gasteiger partial charge in [0.1, 0.15) is 12.1 Å². The maximum Gasteiger partial charge on any atom is 0.159 e. The van der Waals surface area contributed by atoms with Gasteiger partial charge in [0, 0.05) is 23.8 Å². The molecule has 0 amide bonds. The molecule has 0 bridgehead atoms. The van der Waals surface area contributed by atoms with E-state index in [2.05, 4.69) is 15.0 Å². The van der Waals surface area contributed by atoms with Crippen LogP contribution in [-0.4, -0.2) is 23.3 Å². The normalized spacial score (nSPS) is 12.5. The quantitative estimate of drug-likeness (QED) is 0.788. The minimum Gasteiger partial charge on any atom is -0.497 e. The van der Waals surface area contributed by atoms with E-state index in [1.54, 1.807) is 13.4 Å². The van der Waals surface area contributed by atoms with Crippen molar-refractivity contribution in [2.75, 3.05) is 7.11 Å². The molecular formula is C13H11N3O. The summed E-state index contributed by atoms with van der Waals surface area (Å²) in [5, 5.41) is 0. The van der Waals surface area contributed by atoms with Gasteiger partial charge in [-0.3, -0.25) is 0 Å². The average Bonchev–Trinajstić information content (AvgIpc) is 2.87. The zero-order valence-corrected chi connectivity index (χ0v) is 9.42. The Morgan fingerprint density at radius 3 is 2.71 bits per heavy atom. The minimum atomic E-state index is 0.783. The summed E-state index contributed by atoms with van der Waals surface area (Å²) in [6, 6.07) is 7.86. The maximum absolute atomic E-state index is 5.14. The Labute approximate surface area is 99.0 Å². The summed E-state index contributed by atoms with van der Waals surface area (Å²) in [6.07, 6.45) is 4.23. The van der Waals surface area contributed by atoms with Crippen molar-refractivity contribution in [2.45, 2.75) is 6.42 Å². The van der Waals surface area contributed by atoms with Gasteiger partial charge < -0.3 is 4.74 Å². The summed E-state index contributed by atoms with van der Waals surface area (Å²) in [4.78, 5) is 12.7. The first-order valence-electron chi connectivity index (χ1n) is 5.39. The molecule has 2 heterocycles. The number of nitrogens with zero attached hydrogens (tertiary/aromatic N) is 3. The van der Waals surface area contributed by atoms with E-state index < -0.39 is 0 Å². The Morgan fingerprint density at radius 1 is 1.12 bits per heavy atom. The molecule has 1 aromatic carbocycles. The summed E-state index contributed by atoms with van der Waals surface area (Å²) in [5.41, 5.74) is 3.11. The highest BCUT2D eigenvalue weighted by atomic mass is 16.5. The predicted octanol–water partition coefficient (Wildman–Crippen LogP) is 2.41. The van der Waals surface area contributed by atoms with Crippen LogP contribution in [0.1, 0.15) is 5.56 Å². The van der Waals surface area contributed by atoms with E-state index >= 15 is 0 Å². The van der Waals surface area contributed by atoms with Crippen LogP contribution in [0.25, 0.3) is 11.3 Å². The molecule has 1 aromatic heterocycles. The van der Waals surface area contributed by atoms with Crippen LogP contribution in [0.4, 0.5) is 5.82 Å². The first-order chi connectivity index (χ1) is 8.38. The van der Waals surface area contributed by atoms with Gasteiger partial charge in [-0.1, -0.05) is 0 Å². The molecule has 0 aliphatic carbocycles. The van der Waals surface area contributed by atoms with Gasteiger partial charge in [0.15, 0.2) is 5.82 Å². The average molecular weight is 225 g/mol. The van der Waals surface area contributed by atoms with Crippen molar-refractivity contribution in [1.29, 1.82) is 0 Å². The van der Waals surface area contributed by atoms with Gasteiger partial charge in [-0.05, 0) is 24.3 Å². The molecule has 0 saturated heterocycles. The fourth-order valence-electron chi connectivity index (χ4n) is 1.92. The molecule has 2 aromatic rings. The lowest BCUT2D eigenvalue weighted by Gasteiger charge is -2.06. The molecule has 0 saturated carbocycles. The molecule has 0 fully saturated rings. The number of hydrogen-bond acceptors (Lipinski definition) is 4. The lowest BCUT2D eigenvalue weighted by Crippen LogP contribution is -1.93. The molecule has 1 aliphatic heterocycles. The number of rotatable bonds is 2. The van der Waals surface area contributed by atoms with Crippen molar-refractivity contribution in [3.05, 3.63) is 36.2 Å². The largest absolute Gasteiger partial charge is 0.497 e. The van der Waals surface area contributed by atoms with Crippen molar-refractivity contribution >= 4 is 12.0 Å². The summed E-state index contributed by atoms with van der Waals surface area (Å²) < 4.78 is 5.14.